The molecule has 31 heavy (non-hydrogen) atoms. The van der Waals surface area contributed by atoms with Crippen LogP contribution >= 0.6 is 0 Å². The Morgan fingerprint density at radius 1 is 1.23 bits per heavy atom. The lowest BCUT2D eigenvalue weighted by atomic mass is 9.78. The van der Waals surface area contributed by atoms with Crippen molar-refractivity contribution in [2.75, 3.05) is 33.4 Å². The van der Waals surface area contributed by atoms with Crippen LogP contribution in [0.15, 0.2) is 24.3 Å². The number of ether oxygens (including phenoxy) is 3. The van der Waals surface area contributed by atoms with Gasteiger partial charge in [-0.2, -0.15) is 13.2 Å². The second kappa shape index (κ2) is 9.85. The Balaban J connectivity index is 1.66. The summed E-state index contributed by atoms with van der Waals surface area (Å²) in [6, 6.07) is 4.48. The molecule has 3 rings (SSSR count). The van der Waals surface area contributed by atoms with Crippen LogP contribution in [0.2, 0.25) is 0 Å². The van der Waals surface area contributed by atoms with Gasteiger partial charge in [-0.05, 0) is 61.0 Å². The van der Waals surface area contributed by atoms with Crippen LogP contribution < -0.4 is 4.74 Å². The molecule has 0 bridgehead atoms. The molecule has 2 atom stereocenters. The van der Waals surface area contributed by atoms with E-state index < -0.39 is 39.6 Å². The summed E-state index contributed by atoms with van der Waals surface area (Å²) in [4.78, 5) is 14.3. The van der Waals surface area contributed by atoms with E-state index in [0.717, 1.165) is 12.1 Å². The molecule has 0 aliphatic carbocycles. The fourth-order valence-electron chi connectivity index (χ4n) is 4.29. The van der Waals surface area contributed by atoms with Crippen LogP contribution in [0.4, 0.5) is 13.2 Å². The maximum Gasteiger partial charge on any atom is 0.416 e. The molecule has 11 heteroatoms. The molecule has 2 fully saturated rings. The Bertz CT molecular complexity index is 774. The maximum absolute atomic E-state index is 12.7. The van der Waals surface area contributed by atoms with Crippen LogP contribution in [-0.4, -0.2) is 64.5 Å². The van der Waals surface area contributed by atoms with Gasteiger partial charge in [0.2, 0.25) is 0 Å². The first-order chi connectivity index (χ1) is 14.7. The number of esters is 1. The van der Waals surface area contributed by atoms with Crippen molar-refractivity contribution in [2.24, 2.45) is 5.41 Å². The lowest BCUT2D eigenvalue weighted by Gasteiger charge is -2.48. The summed E-state index contributed by atoms with van der Waals surface area (Å²) in [6.45, 7) is 1.28. The normalized spacial score (nSPS) is 22.5. The lowest BCUT2D eigenvalue weighted by molar-refractivity contribution is -0.163. The number of carbonyl (C=O) groups is 1. The molecule has 1 aromatic rings. The number of benzene rings is 1. The predicted molar refractivity (Wildman–Crippen MR) is 104 cm³/mol. The van der Waals surface area contributed by atoms with Gasteiger partial charge in [0.15, 0.2) is 0 Å². The molecule has 2 aliphatic heterocycles. The number of halogens is 3. The van der Waals surface area contributed by atoms with Crippen molar-refractivity contribution >= 4 is 17.0 Å². The molecule has 0 saturated carbocycles. The van der Waals surface area contributed by atoms with E-state index in [0.29, 0.717) is 31.7 Å². The minimum atomic E-state index is -4.41. The quantitative estimate of drug-likeness (QED) is 0.473. The van der Waals surface area contributed by atoms with Crippen molar-refractivity contribution < 1.29 is 40.9 Å². The van der Waals surface area contributed by atoms with E-state index in [2.05, 4.69) is 0 Å². The summed E-state index contributed by atoms with van der Waals surface area (Å²) in [5.74, 6) is -0.237. The lowest BCUT2D eigenvalue weighted by Crippen LogP contribution is -2.58. The number of methoxy groups -OCH3 is 1. The van der Waals surface area contributed by atoms with Crippen LogP contribution in [0.5, 0.6) is 5.75 Å². The number of carbonyl (C=O) groups excluding carboxylic acids is 1. The van der Waals surface area contributed by atoms with Gasteiger partial charge in [-0.3, -0.25) is 13.9 Å². The molecule has 0 aromatic heterocycles. The molecule has 0 N–H and O–H groups in total. The van der Waals surface area contributed by atoms with E-state index in [9.17, 15) is 26.7 Å². The molecule has 2 unspecified atom stereocenters. The number of alkyl halides is 3. The highest BCUT2D eigenvalue weighted by atomic mass is 32.2. The molecule has 2 saturated heterocycles. The smallest absolute Gasteiger partial charge is 0.416 e. The summed E-state index contributed by atoms with van der Waals surface area (Å²) in [7, 11) is 1.24. The zero-order valence-corrected chi connectivity index (χ0v) is 17.9. The van der Waals surface area contributed by atoms with Gasteiger partial charge >= 0.3 is 12.1 Å². The van der Waals surface area contributed by atoms with Crippen LogP contribution in [0.25, 0.3) is 0 Å². The van der Waals surface area contributed by atoms with Crippen molar-refractivity contribution in [3.05, 3.63) is 29.8 Å². The number of nitrogens with zero attached hydrogens (tertiary/aromatic N) is 1. The third-order valence-corrected chi connectivity index (χ3v) is 7.04. The number of rotatable bonds is 6. The molecule has 0 radical (unpaired) electrons. The molecule has 0 spiro atoms. The monoisotopic (exact) mass is 464 g/mol. The second-order valence-corrected chi connectivity index (χ2v) is 8.72. The van der Waals surface area contributed by atoms with Crippen LogP contribution in [-0.2, 0) is 31.5 Å². The van der Waals surface area contributed by atoms with Gasteiger partial charge in [-0.25, -0.2) is 0 Å². The highest BCUT2D eigenvalue weighted by Gasteiger charge is 2.51. The van der Waals surface area contributed by atoms with Gasteiger partial charge in [-0.1, -0.05) is 0 Å². The molecule has 174 valence electrons. The first-order valence-corrected chi connectivity index (χ1v) is 11.1. The van der Waals surface area contributed by atoms with E-state index in [-0.39, 0.29) is 32.2 Å². The summed E-state index contributed by atoms with van der Waals surface area (Å²) >= 11 is -2.55. The Hall–Kier alpha value is -1.69. The van der Waals surface area contributed by atoms with E-state index in [1.165, 1.54) is 19.2 Å². The molecule has 2 aliphatic rings. The van der Waals surface area contributed by atoms with Crippen molar-refractivity contribution in [1.82, 2.24) is 4.90 Å². The summed E-state index contributed by atoms with van der Waals surface area (Å²) in [5, 5.41) is -1.05. The Morgan fingerprint density at radius 3 is 2.29 bits per heavy atom. The van der Waals surface area contributed by atoms with Gasteiger partial charge in [0.25, 0.3) is 0 Å². The van der Waals surface area contributed by atoms with E-state index in [4.69, 9.17) is 14.2 Å². The van der Waals surface area contributed by atoms with Crippen molar-refractivity contribution in [1.29, 1.82) is 0 Å². The van der Waals surface area contributed by atoms with Crippen LogP contribution in [0, 0.1) is 5.41 Å². The van der Waals surface area contributed by atoms with E-state index >= 15 is 0 Å². The largest absolute Gasteiger partial charge is 0.771 e. The number of likely N-dealkylation sites (tertiary alicyclic amines) is 1. The fraction of sp³-hybridized carbons (Fsp3) is 0.650. The zero-order valence-electron chi connectivity index (χ0n) is 17.1. The average Bonchev–Trinajstić information content (AvgIpc) is 2.74. The van der Waals surface area contributed by atoms with Crippen LogP contribution in [0.1, 0.15) is 31.2 Å². The summed E-state index contributed by atoms with van der Waals surface area (Å²) < 4.78 is 78.5. The Labute approximate surface area is 181 Å². The minimum Gasteiger partial charge on any atom is -0.771 e. The molecular formula is C20H25F3NO6S-. The molecule has 1 aromatic carbocycles. The third kappa shape index (κ3) is 5.39. The fourth-order valence-corrected chi connectivity index (χ4v) is 5.44. The average molecular weight is 464 g/mol. The van der Waals surface area contributed by atoms with Crippen LogP contribution in [0.3, 0.4) is 0 Å². The molecule has 7 nitrogen and oxygen atoms in total. The van der Waals surface area contributed by atoms with Gasteiger partial charge in [0.1, 0.15) is 11.9 Å². The number of hydrogen-bond acceptors (Lipinski definition) is 7. The molecule has 0 amide bonds. The van der Waals surface area contributed by atoms with Gasteiger partial charge < -0.3 is 18.8 Å². The molecular weight excluding hydrogens is 439 g/mol. The Morgan fingerprint density at radius 2 is 1.81 bits per heavy atom. The van der Waals surface area contributed by atoms with Gasteiger partial charge in [-0.15, -0.1) is 0 Å². The predicted octanol–water partition coefficient (Wildman–Crippen LogP) is 2.72. The minimum absolute atomic E-state index is 0.250. The zero-order chi connectivity index (χ0) is 22.6. The van der Waals surface area contributed by atoms with Gasteiger partial charge in [0, 0.05) is 26.3 Å². The van der Waals surface area contributed by atoms with E-state index in [1.807, 2.05) is 0 Å². The van der Waals surface area contributed by atoms with Gasteiger partial charge in [0.05, 0.1) is 23.5 Å². The standard InChI is InChI=1S/C20H26F3NO6S/c1-28-18(25)19(8-12-29-13-9-19)17(31(26)27)24-10-6-16(7-11-24)30-15-4-2-14(3-5-15)20(21,22)23/h2-5,16-17H,6-13H2,1H3,(H,26,27)/p-1. The first-order valence-electron chi connectivity index (χ1n) is 9.99. The maximum atomic E-state index is 12.7. The van der Waals surface area contributed by atoms with E-state index in [1.54, 1.807) is 4.90 Å². The summed E-state index contributed by atoms with van der Waals surface area (Å²) in [5.41, 5.74) is -1.94. The summed E-state index contributed by atoms with van der Waals surface area (Å²) in [6.07, 6.45) is -3.23. The Kier molecular flexibility index (Phi) is 7.61. The highest BCUT2D eigenvalue weighted by molar-refractivity contribution is 7.79. The first kappa shape index (κ1) is 24.0. The number of hydrogen-bond donors (Lipinski definition) is 0. The molecule has 2 heterocycles. The number of piperidine rings is 1. The van der Waals surface area contributed by atoms with Crippen molar-refractivity contribution in [3.63, 3.8) is 0 Å². The van der Waals surface area contributed by atoms with Crippen molar-refractivity contribution in [2.45, 2.75) is 43.3 Å². The third-order valence-electron chi connectivity index (χ3n) is 5.92. The van der Waals surface area contributed by atoms with Crippen molar-refractivity contribution in [3.8, 4) is 5.75 Å². The second-order valence-electron chi connectivity index (χ2n) is 7.75. The topological polar surface area (TPSA) is 88.1 Å². The SMILES string of the molecule is COC(=O)C1(C(N2CCC(Oc3ccc(C(F)(F)F)cc3)CC2)S(=O)[O-])CCOCC1. The highest BCUT2D eigenvalue weighted by Crippen LogP contribution is 2.40.